The molecule has 0 aliphatic heterocycles. The van der Waals surface area contributed by atoms with Crippen LogP contribution >= 0.6 is 0 Å². The number of aromatic nitrogens is 2. The average Bonchev–Trinajstić information content (AvgIpc) is 2.57. The van der Waals surface area contributed by atoms with Crippen LogP contribution in [0.4, 0.5) is 24.7 Å². The highest BCUT2D eigenvalue weighted by atomic mass is 32.2. The van der Waals surface area contributed by atoms with Crippen molar-refractivity contribution in [3.8, 4) is 0 Å². The number of benzene rings is 1. The smallest absolute Gasteiger partial charge is 0.340 e. The van der Waals surface area contributed by atoms with Gasteiger partial charge in [0.15, 0.2) is 0 Å². The van der Waals surface area contributed by atoms with Gasteiger partial charge in [-0.25, -0.2) is 9.97 Å². The molecule has 0 bridgehead atoms. The first-order valence-electron chi connectivity index (χ1n) is 8.38. The number of anilines is 2. The Balaban J connectivity index is 2.29. The zero-order chi connectivity index (χ0) is 20.2. The summed E-state index contributed by atoms with van der Waals surface area (Å²) in [5, 5.41) is 3.23. The third-order valence-electron chi connectivity index (χ3n) is 3.98. The van der Waals surface area contributed by atoms with Gasteiger partial charge in [-0.05, 0) is 64.7 Å². The van der Waals surface area contributed by atoms with Gasteiger partial charge in [-0.1, -0.05) is 0 Å². The van der Waals surface area contributed by atoms with Crippen LogP contribution in [-0.4, -0.2) is 46.0 Å². The van der Waals surface area contributed by atoms with Gasteiger partial charge in [0.05, 0.1) is 22.1 Å². The zero-order valence-corrected chi connectivity index (χ0v) is 16.5. The van der Waals surface area contributed by atoms with Crippen LogP contribution in [-0.2, 0) is 23.4 Å². The van der Waals surface area contributed by atoms with E-state index in [1.165, 1.54) is 18.4 Å². The molecule has 0 aliphatic carbocycles. The highest BCUT2D eigenvalue weighted by Gasteiger charge is 2.30. The summed E-state index contributed by atoms with van der Waals surface area (Å²) in [7, 11) is 2.60. The summed E-state index contributed by atoms with van der Waals surface area (Å²) >= 11 is 0. The molecule has 1 heterocycles. The zero-order valence-electron chi connectivity index (χ0n) is 15.7. The van der Waals surface area contributed by atoms with E-state index in [0.29, 0.717) is 17.9 Å². The van der Waals surface area contributed by atoms with Crippen molar-refractivity contribution in [1.29, 1.82) is 0 Å². The summed E-state index contributed by atoms with van der Waals surface area (Å²) in [6.07, 6.45) is -1.32. The standard InChI is InChI=1S/C18H23F3N4OS/c1-12-15(6-5-11-25(2)3)23-17(27(4)26)24-16(12)22-14-9-7-13(8-10-14)18(19,20)21/h7-10H,5-6,11H2,1-4H3,(H,22,23,24). The van der Waals surface area contributed by atoms with E-state index >= 15 is 0 Å². The number of nitrogens with one attached hydrogen (secondary N) is 1. The van der Waals surface area contributed by atoms with Crippen molar-refractivity contribution in [2.75, 3.05) is 32.2 Å². The number of rotatable bonds is 7. The van der Waals surface area contributed by atoms with Crippen molar-refractivity contribution in [2.24, 2.45) is 0 Å². The number of hydrogen-bond acceptors (Lipinski definition) is 5. The third kappa shape index (κ3) is 6.00. The molecule has 0 amide bonds. The fourth-order valence-corrected chi connectivity index (χ4v) is 2.93. The van der Waals surface area contributed by atoms with Crippen molar-refractivity contribution in [2.45, 2.75) is 31.1 Å². The van der Waals surface area contributed by atoms with Crippen LogP contribution in [0.2, 0.25) is 0 Å². The van der Waals surface area contributed by atoms with Crippen LogP contribution in [0.1, 0.15) is 23.2 Å². The van der Waals surface area contributed by atoms with Crippen LogP contribution < -0.4 is 5.32 Å². The summed E-state index contributed by atoms with van der Waals surface area (Å²) in [4.78, 5) is 10.8. The first-order chi connectivity index (χ1) is 12.6. The van der Waals surface area contributed by atoms with Gasteiger partial charge in [0.1, 0.15) is 5.82 Å². The van der Waals surface area contributed by atoms with E-state index in [9.17, 15) is 17.4 Å². The second-order valence-corrected chi connectivity index (χ2v) is 7.76. The molecule has 0 fully saturated rings. The summed E-state index contributed by atoms with van der Waals surface area (Å²) in [6.45, 7) is 2.73. The minimum Gasteiger partial charge on any atom is -0.340 e. The van der Waals surface area contributed by atoms with E-state index in [-0.39, 0.29) is 5.16 Å². The topological polar surface area (TPSA) is 58.1 Å². The number of aryl methyl sites for hydroxylation is 1. The molecular weight excluding hydrogens is 377 g/mol. The van der Waals surface area contributed by atoms with Gasteiger partial charge in [-0.15, -0.1) is 0 Å². The molecule has 9 heteroatoms. The average molecular weight is 400 g/mol. The van der Waals surface area contributed by atoms with Gasteiger partial charge in [-0.2, -0.15) is 13.2 Å². The van der Waals surface area contributed by atoms with E-state index in [1.54, 1.807) is 0 Å². The number of halogens is 3. The lowest BCUT2D eigenvalue weighted by molar-refractivity contribution is -0.137. The monoisotopic (exact) mass is 400 g/mol. The molecule has 148 valence electrons. The van der Waals surface area contributed by atoms with Gasteiger partial charge >= 0.3 is 6.18 Å². The maximum absolute atomic E-state index is 12.7. The maximum Gasteiger partial charge on any atom is 0.416 e. The summed E-state index contributed by atoms with van der Waals surface area (Å²) < 4.78 is 50.0. The van der Waals surface area contributed by atoms with Gasteiger partial charge in [0.2, 0.25) is 5.16 Å². The van der Waals surface area contributed by atoms with Crippen molar-refractivity contribution in [3.05, 3.63) is 41.1 Å². The Bertz CT molecular complexity index is 807. The van der Waals surface area contributed by atoms with Gasteiger partial charge in [0, 0.05) is 17.5 Å². The molecule has 0 radical (unpaired) electrons. The molecule has 1 aromatic heterocycles. The lowest BCUT2D eigenvalue weighted by Crippen LogP contribution is -2.15. The second kappa shape index (κ2) is 8.79. The lowest BCUT2D eigenvalue weighted by atomic mass is 10.1. The molecule has 0 saturated heterocycles. The molecule has 1 N–H and O–H groups in total. The minimum atomic E-state index is -4.38. The Morgan fingerprint density at radius 2 is 1.78 bits per heavy atom. The summed E-state index contributed by atoms with van der Waals surface area (Å²) in [6, 6.07) is 4.71. The maximum atomic E-state index is 12.7. The molecule has 2 rings (SSSR count). The molecule has 0 spiro atoms. The first-order valence-corrected chi connectivity index (χ1v) is 9.93. The highest BCUT2D eigenvalue weighted by Crippen LogP contribution is 2.30. The predicted molar refractivity (Wildman–Crippen MR) is 101 cm³/mol. The Hall–Kier alpha value is -2.00. The predicted octanol–water partition coefficient (Wildman–Crippen LogP) is 3.78. The molecule has 27 heavy (non-hydrogen) atoms. The van der Waals surface area contributed by atoms with Crippen LogP contribution in [0.15, 0.2) is 29.4 Å². The summed E-state index contributed by atoms with van der Waals surface area (Å²) in [5.41, 5.74) is 1.33. The molecule has 1 unspecified atom stereocenters. The molecule has 2 aromatic rings. The van der Waals surface area contributed by atoms with Crippen LogP contribution in [0.3, 0.4) is 0 Å². The van der Waals surface area contributed by atoms with E-state index < -0.39 is 22.5 Å². The van der Waals surface area contributed by atoms with E-state index in [0.717, 1.165) is 36.4 Å². The van der Waals surface area contributed by atoms with Crippen molar-refractivity contribution in [3.63, 3.8) is 0 Å². The number of alkyl halides is 3. The van der Waals surface area contributed by atoms with Gasteiger partial charge in [-0.3, -0.25) is 4.21 Å². The molecule has 0 aliphatic rings. The second-order valence-electron chi connectivity index (χ2n) is 6.49. The Kier molecular flexibility index (Phi) is 6.94. The van der Waals surface area contributed by atoms with Crippen LogP contribution in [0.5, 0.6) is 0 Å². The van der Waals surface area contributed by atoms with E-state index in [2.05, 4.69) is 20.2 Å². The number of nitrogens with zero attached hydrogens (tertiary/aromatic N) is 3. The van der Waals surface area contributed by atoms with Crippen molar-refractivity contribution < 1.29 is 17.4 Å². The lowest BCUT2D eigenvalue weighted by Gasteiger charge is -2.15. The molecular formula is C18H23F3N4OS. The SMILES string of the molecule is Cc1c(CCCN(C)C)nc(S(C)=O)nc1Nc1ccc(C(F)(F)F)cc1. The quantitative estimate of drug-likeness (QED) is 0.717. The fraction of sp³-hybridized carbons (Fsp3) is 0.444. The van der Waals surface area contributed by atoms with Gasteiger partial charge < -0.3 is 10.2 Å². The van der Waals surface area contributed by atoms with Crippen LogP contribution in [0, 0.1) is 6.92 Å². The molecule has 1 atom stereocenters. The summed E-state index contributed by atoms with van der Waals surface area (Å²) in [5.74, 6) is 0.454. The van der Waals surface area contributed by atoms with E-state index in [4.69, 9.17) is 0 Å². The third-order valence-corrected chi connectivity index (χ3v) is 4.67. The minimum absolute atomic E-state index is 0.204. The highest BCUT2D eigenvalue weighted by molar-refractivity contribution is 7.84. The normalized spacial score (nSPS) is 13.0. The molecule has 1 aromatic carbocycles. The molecule has 0 saturated carbocycles. The van der Waals surface area contributed by atoms with Crippen molar-refractivity contribution in [1.82, 2.24) is 14.9 Å². The van der Waals surface area contributed by atoms with Crippen LogP contribution in [0.25, 0.3) is 0 Å². The molecule has 5 nitrogen and oxygen atoms in total. The van der Waals surface area contributed by atoms with Crippen molar-refractivity contribution >= 4 is 22.3 Å². The Morgan fingerprint density at radius 3 is 2.30 bits per heavy atom. The van der Waals surface area contributed by atoms with Gasteiger partial charge in [0.25, 0.3) is 0 Å². The van der Waals surface area contributed by atoms with E-state index in [1.807, 2.05) is 21.0 Å². The first kappa shape index (κ1) is 21.3. The Labute approximate surface area is 159 Å². The Morgan fingerprint density at radius 1 is 1.15 bits per heavy atom. The largest absolute Gasteiger partial charge is 0.416 e. The number of hydrogen-bond donors (Lipinski definition) is 1. The fourth-order valence-electron chi connectivity index (χ4n) is 2.48.